The fourth-order valence-electron chi connectivity index (χ4n) is 3.74. The second-order valence-electron chi connectivity index (χ2n) is 6.98. The molecule has 1 aliphatic rings. The lowest BCUT2D eigenvalue weighted by molar-refractivity contribution is -0.122. The molecule has 0 amide bonds. The molecule has 1 unspecified atom stereocenters. The summed E-state index contributed by atoms with van der Waals surface area (Å²) >= 11 is 0. The zero-order chi connectivity index (χ0) is 19.4. The summed E-state index contributed by atoms with van der Waals surface area (Å²) in [5.74, 6) is 1.16. The summed E-state index contributed by atoms with van der Waals surface area (Å²) in [7, 11) is 4.33. The fourth-order valence-corrected chi connectivity index (χ4v) is 3.74. The molecule has 0 saturated heterocycles. The number of rotatable bonds is 3. The number of pyridine rings is 1. The van der Waals surface area contributed by atoms with E-state index in [-0.39, 0.29) is 6.47 Å². The lowest BCUT2D eigenvalue weighted by Gasteiger charge is -2.33. The van der Waals surface area contributed by atoms with Gasteiger partial charge in [0.25, 0.3) is 6.47 Å². The van der Waals surface area contributed by atoms with Crippen LogP contribution in [-0.2, 0) is 31.1 Å². The third-order valence-electron chi connectivity index (χ3n) is 5.47. The number of fused-ring (bicyclic) bond motifs is 3. The van der Waals surface area contributed by atoms with E-state index in [1.165, 1.54) is 34.3 Å². The molecule has 0 fully saturated rings. The van der Waals surface area contributed by atoms with Crippen molar-refractivity contribution in [2.24, 2.45) is 7.05 Å². The number of hydrogen-bond acceptors (Lipinski definition) is 4. The van der Waals surface area contributed by atoms with E-state index in [4.69, 9.17) is 14.9 Å². The van der Waals surface area contributed by atoms with E-state index in [2.05, 4.69) is 59.7 Å². The third kappa shape index (κ3) is 3.79. The minimum Gasteiger partial charge on any atom is -0.483 e. The summed E-state index contributed by atoms with van der Waals surface area (Å²) in [6.45, 7) is 2.05. The van der Waals surface area contributed by atoms with E-state index >= 15 is 0 Å². The number of benzene rings is 1. The number of nitrogens with zero attached hydrogens (tertiary/aromatic N) is 4. The zero-order valence-corrected chi connectivity index (χ0v) is 16.1. The Morgan fingerprint density at radius 1 is 1.19 bits per heavy atom. The number of hydrogen-bond donors (Lipinski definition) is 1. The lowest BCUT2D eigenvalue weighted by Crippen LogP contribution is -2.33. The molecule has 4 rings (SSSR count). The molecule has 0 spiro atoms. The monoisotopic (exact) mass is 366 g/mol. The Bertz CT molecular complexity index is 921. The Morgan fingerprint density at radius 3 is 2.59 bits per heavy atom. The predicted octanol–water partition coefficient (Wildman–Crippen LogP) is 3.23. The quantitative estimate of drug-likeness (QED) is 0.721. The van der Waals surface area contributed by atoms with Crippen molar-refractivity contribution in [3.8, 4) is 0 Å². The highest BCUT2D eigenvalue weighted by molar-refractivity contribution is 5.86. The van der Waals surface area contributed by atoms with Crippen LogP contribution in [0, 0.1) is 0 Å². The molecular weight excluding hydrogens is 340 g/mol. The summed E-state index contributed by atoms with van der Waals surface area (Å²) in [5, 5.41) is 6.89. The molecule has 3 aromatic rings. The van der Waals surface area contributed by atoms with Gasteiger partial charge in [0.15, 0.2) is 0 Å². The Labute approximate surface area is 159 Å². The van der Waals surface area contributed by atoms with Crippen molar-refractivity contribution < 1.29 is 9.90 Å². The van der Waals surface area contributed by atoms with Crippen LogP contribution >= 0.6 is 0 Å². The summed E-state index contributed by atoms with van der Waals surface area (Å²) in [6.07, 6.45) is 7.99. The highest BCUT2D eigenvalue weighted by atomic mass is 16.3. The first-order valence-electron chi connectivity index (χ1n) is 9.23. The molecule has 1 N–H and O–H groups in total. The van der Waals surface area contributed by atoms with Crippen molar-refractivity contribution >= 4 is 23.2 Å². The molecule has 1 atom stereocenters. The van der Waals surface area contributed by atoms with Crippen LogP contribution in [0.3, 0.4) is 0 Å². The third-order valence-corrected chi connectivity index (χ3v) is 5.47. The standard InChI is InChI=1S/C20H24N4.CH2O2/c1-14-4-6-16-17(23(14)2)7-8-18-20(16)22-19(24(18)3)9-5-15-10-12-21-13-11-15;2-1-3/h7-8,10-14H,4-6,9H2,1-3H3;1H,(H,2,3). The molecule has 0 radical (unpaired) electrons. The maximum atomic E-state index is 8.36. The summed E-state index contributed by atoms with van der Waals surface area (Å²) in [4.78, 5) is 19.9. The summed E-state index contributed by atoms with van der Waals surface area (Å²) in [5.41, 5.74) is 6.52. The number of imidazole rings is 1. The van der Waals surface area contributed by atoms with Gasteiger partial charge in [0.05, 0.1) is 11.0 Å². The molecule has 1 aromatic carbocycles. The Hall–Kier alpha value is -2.89. The Morgan fingerprint density at radius 2 is 1.89 bits per heavy atom. The minimum absolute atomic E-state index is 0.250. The lowest BCUT2D eigenvalue weighted by atomic mass is 9.96. The van der Waals surface area contributed by atoms with Crippen molar-refractivity contribution in [3.63, 3.8) is 0 Å². The molecule has 0 saturated carbocycles. The second kappa shape index (κ2) is 8.20. The van der Waals surface area contributed by atoms with Gasteiger partial charge < -0.3 is 14.6 Å². The van der Waals surface area contributed by atoms with Crippen LogP contribution in [0.5, 0.6) is 0 Å². The number of anilines is 1. The SMILES string of the molecule is CC1CCc2c(ccc3c2nc(CCc2ccncc2)n3C)N1C.O=CO. The molecule has 6 nitrogen and oxygen atoms in total. The largest absolute Gasteiger partial charge is 0.483 e. The van der Waals surface area contributed by atoms with E-state index in [9.17, 15) is 0 Å². The first kappa shape index (κ1) is 18.9. The minimum atomic E-state index is -0.250. The number of carbonyl (C=O) groups is 1. The van der Waals surface area contributed by atoms with Crippen molar-refractivity contribution in [1.29, 1.82) is 0 Å². The molecule has 6 heteroatoms. The predicted molar refractivity (Wildman–Crippen MR) is 107 cm³/mol. The van der Waals surface area contributed by atoms with Crippen LogP contribution in [0.15, 0.2) is 36.7 Å². The second-order valence-corrected chi connectivity index (χ2v) is 6.98. The molecule has 27 heavy (non-hydrogen) atoms. The van der Waals surface area contributed by atoms with Crippen LogP contribution in [0.25, 0.3) is 11.0 Å². The van der Waals surface area contributed by atoms with Crippen LogP contribution < -0.4 is 4.90 Å². The number of aromatic nitrogens is 3. The molecule has 142 valence electrons. The average Bonchev–Trinajstić information content (AvgIpc) is 3.01. The van der Waals surface area contributed by atoms with Gasteiger partial charge in [-0.3, -0.25) is 9.78 Å². The molecule has 2 aromatic heterocycles. The molecular formula is C21H26N4O2. The molecule has 0 bridgehead atoms. The van der Waals surface area contributed by atoms with Gasteiger partial charge in [0, 0.05) is 50.2 Å². The van der Waals surface area contributed by atoms with Gasteiger partial charge >= 0.3 is 0 Å². The number of aryl methyl sites for hydroxylation is 4. The number of carboxylic acid groups (broad SMARTS) is 1. The van der Waals surface area contributed by atoms with Gasteiger partial charge in [-0.25, -0.2) is 4.98 Å². The summed E-state index contributed by atoms with van der Waals surface area (Å²) in [6, 6.07) is 9.26. The average molecular weight is 366 g/mol. The van der Waals surface area contributed by atoms with E-state index in [0.29, 0.717) is 6.04 Å². The van der Waals surface area contributed by atoms with E-state index < -0.39 is 0 Å². The van der Waals surface area contributed by atoms with Crippen LogP contribution in [-0.4, -0.2) is 39.2 Å². The normalized spacial score (nSPS) is 15.8. The smallest absolute Gasteiger partial charge is 0.290 e. The van der Waals surface area contributed by atoms with E-state index in [1.807, 2.05) is 12.4 Å². The van der Waals surface area contributed by atoms with Gasteiger partial charge in [-0.2, -0.15) is 0 Å². The van der Waals surface area contributed by atoms with Gasteiger partial charge in [-0.15, -0.1) is 0 Å². The zero-order valence-electron chi connectivity index (χ0n) is 16.1. The summed E-state index contributed by atoms with van der Waals surface area (Å²) < 4.78 is 2.26. The van der Waals surface area contributed by atoms with Gasteiger partial charge in [-0.05, 0) is 56.0 Å². The maximum Gasteiger partial charge on any atom is 0.290 e. The van der Waals surface area contributed by atoms with Crippen LogP contribution in [0.4, 0.5) is 5.69 Å². The van der Waals surface area contributed by atoms with Crippen molar-refractivity contribution in [1.82, 2.24) is 14.5 Å². The van der Waals surface area contributed by atoms with Gasteiger partial charge in [-0.1, -0.05) is 0 Å². The maximum absolute atomic E-state index is 8.36. The molecule has 1 aliphatic heterocycles. The molecule has 3 heterocycles. The van der Waals surface area contributed by atoms with Crippen LogP contribution in [0.1, 0.15) is 30.3 Å². The van der Waals surface area contributed by atoms with E-state index in [0.717, 1.165) is 25.1 Å². The fraction of sp³-hybridized carbons (Fsp3) is 0.381. The highest BCUT2D eigenvalue weighted by Gasteiger charge is 2.23. The molecule has 0 aliphatic carbocycles. The highest BCUT2D eigenvalue weighted by Crippen LogP contribution is 2.34. The van der Waals surface area contributed by atoms with Crippen LogP contribution in [0.2, 0.25) is 0 Å². The van der Waals surface area contributed by atoms with Gasteiger partial charge in [0.1, 0.15) is 5.82 Å². The van der Waals surface area contributed by atoms with Crippen molar-refractivity contribution in [3.05, 3.63) is 53.6 Å². The van der Waals surface area contributed by atoms with Crippen molar-refractivity contribution in [2.45, 2.75) is 38.6 Å². The van der Waals surface area contributed by atoms with Gasteiger partial charge in [0.2, 0.25) is 0 Å². The topological polar surface area (TPSA) is 71.2 Å². The first-order valence-corrected chi connectivity index (χ1v) is 9.23. The first-order chi connectivity index (χ1) is 13.1. The Balaban J connectivity index is 0.000000659. The Kier molecular flexibility index (Phi) is 5.74. The van der Waals surface area contributed by atoms with E-state index in [1.54, 1.807) is 0 Å². The van der Waals surface area contributed by atoms with Crippen molar-refractivity contribution in [2.75, 3.05) is 11.9 Å².